The molecule has 7 heteroatoms. The van der Waals surface area contributed by atoms with Gasteiger partial charge in [-0.15, -0.1) is 11.3 Å². The van der Waals surface area contributed by atoms with E-state index in [0.717, 1.165) is 39.5 Å². The second-order valence-electron chi connectivity index (χ2n) is 8.73. The van der Waals surface area contributed by atoms with E-state index in [2.05, 4.69) is 19.1 Å². The normalized spacial score (nSPS) is 12.3. The molecule has 0 atom stereocenters. The lowest BCUT2D eigenvalue weighted by Gasteiger charge is -2.14. The molecule has 2 aromatic heterocycles. The first-order chi connectivity index (χ1) is 15.6. The van der Waals surface area contributed by atoms with Gasteiger partial charge in [-0.25, -0.2) is 13.1 Å². The van der Waals surface area contributed by atoms with Crippen LogP contribution < -0.4 is 0 Å². The average Bonchev–Trinajstić information content (AvgIpc) is 3.41. The zero-order valence-electron chi connectivity index (χ0n) is 19.2. The summed E-state index contributed by atoms with van der Waals surface area (Å²) >= 11 is 1.57. The molecular formula is C26H28N2O3S2. The van der Waals surface area contributed by atoms with Crippen molar-refractivity contribution in [3.05, 3.63) is 78.0 Å². The number of benzene rings is 2. The Hall–Kier alpha value is -2.74. The fourth-order valence-corrected chi connectivity index (χ4v) is 5.42. The number of hydrogen-bond acceptors (Lipinski definition) is 5. The molecule has 0 fully saturated rings. The quantitative estimate of drug-likeness (QED) is 0.360. The zero-order valence-corrected chi connectivity index (χ0v) is 20.9. The maximum Gasteiger partial charge on any atom is 0.175 e. The van der Waals surface area contributed by atoms with E-state index in [0.29, 0.717) is 10.6 Å². The van der Waals surface area contributed by atoms with Crippen molar-refractivity contribution >= 4 is 21.2 Å². The van der Waals surface area contributed by atoms with Crippen LogP contribution in [-0.4, -0.2) is 29.6 Å². The number of aliphatic hydroxyl groups is 1. The lowest BCUT2D eigenvalue weighted by atomic mass is 10.1. The number of para-hydroxylation sites is 1. The predicted molar refractivity (Wildman–Crippen MR) is 135 cm³/mol. The van der Waals surface area contributed by atoms with E-state index in [1.54, 1.807) is 43.4 Å². The van der Waals surface area contributed by atoms with E-state index >= 15 is 0 Å². The molecule has 172 valence electrons. The summed E-state index contributed by atoms with van der Waals surface area (Å²) in [5.74, 6) is 0. The zero-order chi connectivity index (χ0) is 23.8. The molecule has 0 aliphatic heterocycles. The molecule has 0 aliphatic carbocycles. The third-order valence-corrected chi connectivity index (χ3v) is 7.75. The van der Waals surface area contributed by atoms with E-state index in [9.17, 15) is 13.5 Å². The lowest BCUT2D eigenvalue weighted by molar-refractivity contribution is 0.0734. The van der Waals surface area contributed by atoms with Gasteiger partial charge in [0.1, 0.15) is 5.60 Å². The topological polar surface area (TPSA) is 72.2 Å². The van der Waals surface area contributed by atoms with Gasteiger partial charge in [0, 0.05) is 11.1 Å². The van der Waals surface area contributed by atoms with Crippen molar-refractivity contribution in [3.8, 4) is 26.7 Å². The summed E-state index contributed by atoms with van der Waals surface area (Å²) in [4.78, 5) is 2.26. The summed E-state index contributed by atoms with van der Waals surface area (Å²) in [7, 11) is -3.28. The van der Waals surface area contributed by atoms with Gasteiger partial charge in [0.05, 0.1) is 26.8 Å². The molecule has 0 aliphatic rings. The molecular weight excluding hydrogens is 452 g/mol. The molecule has 4 rings (SSSR count). The van der Waals surface area contributed by atoms with E-state index in [1.165, 1.54) is 11.8 Å². The third-order valence-electron chi connectivity index (χ3n) is 5.48. The van der Waals surface area contributed by atoms with Crippen LogP contribution in [0.5, 0.6) is 0 Å². The maximum absolute atomic E-state index is 12.0. The van der Waals surface area contributed by atoms with Gasteiger partial charge in [-0.2, -0.15) is 5.10 Å². The van der Waals surface area contributed by atoms with Crippen LogP contribution in [-0.2, 0) is 21.9 Å². The molecule has 33 heavy (non-hydrogen) atoms. The molecule has 5 nitrogen and oxygen atoms in total. The summed E-state index contributed by atoms with van der Waals surface area (Å²) in [5, 5.41) is 15.4. The van der Waals surface area contributed by atoms with E-state index < -0.39 is 15.4 Å². The highest BCUT2D eigenvalue weighted by Gasteiger charge is 2.24. The second-order valence-corrected chi connectivity index (χ2v) is 11.8. The SMILES string of the molecule is CCCc1ccccc1-n1nc(C(C)(C)O)cc1-c1ccc(-c2cccc(S(C)(=O)=O)c2)s1. The van der Waals surface area contributed by atoms with Crippen LogP contribution in [0.15, 0.2) is 71.6 Å². The Labute approximate surface area is 199 Å². The maximum atomic E-state index is 12.0. The highest BCUT2D eigenvalue weighted by Crippen LogP contribution is 2.38. The van der Waals surface area contributed by atoms with Gasteiger partial charge in [-0.3, -0.25) is 0 Å². The Balaban J connectivity index is 1.84. The van der Waals surface area contributed by atoms with Crippen LogP contribution in [0.2, 0.25) is 0 Å². The number of aryl methyl sites for hydroxylation is 1. The molecule has 0 bridgehead atoms. The summed E-state index contributed by atoms with van der Waals surface area (Å²) in [5.41, 5.74) is 3.46. The molecule has 0 amide bonds. The van der Waals surface area contributed by atoms with Crippen molar-refractivity contribution in [1.82, 2.24) is 9.78 Å². The van der Waals surface area contributed by atoms with Crippen LogP contribution in [0, 0.1) is 0 Å². The van der Waals surface area contributed by atoms with Gasteiger partial charge < -0.3 is 5.11 Å². The third kappa shape index (κ3) is 4.95. The lowest BCUT2D eigenvalue weighted by Crippen LogP contribution is -2.16. The summed E-state index contributed by atoms with van der Waals surface area (Å²) in [6.45, 7) is 5.62. The monoisotopic (exact) mass is 480 g/mol. The highest BCUT2D eigenvalue weighted by molar-refractivity contribution is 7.90. The first kappa shape index (κ1) is 23.4. The number of nitrogens with zero attached hydrogens (tertiary/aromatic N) is 2. The Morgan fingerprint density at radius 2 is 1.73 bits per heavy atom. The Morgan fingerprint density at radius 1 is 1.00 bits per heavy atom. The highest BCUT2D eigenvalue weighted by atomic mass is 32.2. The molecule has 2 heterocycles. The molecule has 0 saturated heterocycles. The minimum atomic E-state index is -3.28. The molecule has 1 N–H and O–H groups in total. The molecule has 0 unspecified atom stereocenters. The van der Waals surface area contributed by atoms with E-state index in [-0.39, 0.29) is 0 Å². The number of sulfone groups is 1. The van der Waals surface area contributed by atoms with Crippen LogP contribution in [0.1, 0.15) is 38.4 Å². The number of hydrogen-bond donors (Lipinski definition) is 1. The summed E-state index contributed by atoms with van der Waals surface area (Å²) < 4.78 is 25.9. The van der Waals surface area contributed by atoms with Crippen molar-refractivity contribution in [2.24, 2.45) is 0 Å². The van der Waals surface area contributed by atoms with E-state index in [4.69, 9.17) is 5.10 Å². The summed E-state index contributed by atoms with van der Waals surface area (Å²) in [6.07, 6.45) is 3.17. The minimum absolute atomic E-state index is 0.304. The number of rotatable bonds is 7. The van der Waals surface area contributed by atoms with Gasteiger partial charge in [0.2, 0.25) is 0 Å². The van der Waals surface area contributed by atoms with Gasteiger partial charge in [0.15, 0.2) is 9.84 Å². The van der Waals surface area contributed by atoms with Crippen molar-refractivity contribution in [1.29, 1.82) is 0 Å². The number of aromatic nitrogens is 2. The largest absolute Gasteiger partial charge is 0.384 e. The van der Waals surface area contributed by atoms with Crippen LogP contribution in [0.25, 0.3) is 26.7 Å². The van der Waals surface area contributed by atoms with Crippen molar-refractivity contribution < 1.29 is 13.5 Å². The van der Waals surface area contributed by atoms with Gasteiger partial charge >= 0.3 is 0 Å². The molecule has 2 aromatic carbocycles. The molecule has 0 saturated carbocycles. The Kier molecular flexibility index (Phi) is 6.31. The summed E-state index contributed by atoms with van der Waals surface area (Å²) in [6, 6.07) is 21.2. The van der Waals surface area contributed by atoms with Crippen molar-refractivity contribution in [2.45, 2.75) is 44.1 Å². The fraction of sp³-hybridized carbons (Fsp3) is 0.269. The predicted octanol–water partition coefficient (Wildman–Crippen LogP) is 5.85. The molecule has 0 radical (unpaired) electrons. The molecule has 0 spiro atoms. The van der Waals surface area contributed by atoms with Crippen LogP contribution >= 0.6 is 11.3 Å². The van der Waals surface area contributed by atoms with Gasteiger partial charge in [0.25, 0.3) is 0 Å². The average molecular weight is 481 g/mol. The second kappa shape index (κ2) is 8.89. The van der Waals surface area contributed by atoms with Crippen LogP contribution in [0.4, 0.5) is 0 Å². The first-order valence-electron chi connectivity index (χ1n) is 10.9. The Bertz CT molecular complexity index is 1390. The fourth-order valence-electron chi connectivity index (χ4n) is 3.75. The van der Waals surface area contributed by atoms with E-state index in [1.807, 2.05) is 41.1 Å². The van der Waals surface area contributed by atoms with Crippen molar-refractivity contribution in [2.75, 3.05) is 6.26 Å². The van der Waals surface area contributed by atoms with Gasteiger partial charge in [-0.1, -0.05) is 43.7 Å². The standard InChI is InChI=1S/C26H28N2O3S2/c1-5-9-18-10-6-7-13-21(18)28-22(17-25(27-28)26(2,3)29)24-15-14-23(32-24)19-11-8-12-20(16-19)33(4,30)31/h6-8,10-17,29H,5,9H2,1-4H3. The first-order valence-corrected chi connectivity index (χ1v) is 13.6. The smallest absolute Gasteiger partial charge is 0.175 e. The van der Waals surface area contributed by atoms with Gasteiger partial charge in [-0.05, 0) is 67.8 Å². The molecule has 4 aromatic rings. The van der Waals surface area contributed by atoms with Crippen LogP contribution in [0.3, 0.4) is 0 Å². The number of thiophene rings is 1. The minimum Gasteiger partial charge on any atom is -0.384 e. The van der Waals surface area contributed by atoms with Crippen molar-refractivity contribution in [3.63, 3.8) is 0 Å². The Morgan fingerprint density at radius 3 is 2.42 bits per heavy atom.